The first-order valence-electron chi connectivity index (χ1n) is 4.19. The van der Waals surface area contributed by atoms with Crippen LogP contribution in [-0.4, -0.2) is 4.83 Å². The van der Waals surface area contributed by atoms with Gasteiger partial charge < -0.3 is 0 Å². The quantitative estimate of drug-likeness (QED) is 0.604. The van der Waals surface area contributed by atoms with Crippen molar-refractivity contribution in [2.45, 2.75) is 44.9 Å². The minimum Gasteiger partial charge on any atom is -0.0888 e. The number of hydrogen-bond donors (Lipinski definition) is 0. The molecule has 0 aromatic heterocycles. The van der Waals surface area contributed by atoms with E-state index in [1.54, 1.807) is 0 Å². The highest BCUT2D eigenvalue weighted by Gasteiger charge is 2.38. The van der Waals surface area contributed by atoms with Crippen molar-refractivity contribution in [1.82, 2.24) is 0 Å². The van der Waals surface area contributed by atoms with E-state index >= 15 is 0 Å². The summed E-state index contributed by atoms with van der Waals surface area (Å²) in [6.45, 7) is 6.97. The van der Waals surface area contributed by atoms with Gasteiger partial charge in [0, 0.05) is 4.83 Å². The summed E-state index contributed by atoms with van der Waals surface area (Å²) < 4.78 is 0. The van der Waals surface area contributed by atoms with Crippen LogP contribution < -0.4 is 0 Å². The first-order valence-corrected chi connectivity index (χ1v) is 5.11. The fourth-order valence-electron chi connectivity index (χ4n) is 1.95. The summed E-state index contributed by atoms with van der Waals surface area (Å²) in [4.78, 5) is 0.778. The molecule has 0 nitrogen and oxygen atoms in total. The number of alkyl halides is 1. The van der Waals surface area contributed by atoms with E-state index in [2.05, 4.69) is 36.7 Å². The largest absolute Gasteiger partial charge is 0.0888 e. The second-order valence-corrected chi connectivity index (χ2v) is 5.43. The van der Waals surface area contributed by atoms with Crippen LogP contribution in [0.15, 0.2) is 0 Å². The normalized spacial score (nSPS) is 27.6. The molecule has 0 aromatic rings. The molecule has 0 saturated heterocycles. The predicted octanol–water partition coefficient (Wildman–Crippen LogP) is 3.60. The van der Waals surface area contributed by atoms with E-state index < -0.39 is 0 Å². The van der Waals surface area contributed by atoms with Crippen LogP contribution in [0.3, 0.4) is 0 Å². The van der Waals surface area contributed by atoms with Crippen LogP contribution in [0.4, 0.5) is 0 Å². The Hall–Kier alpha value is 0.480. The van der Waals surface area contributed by atoms with Gasteiger partial charge in [-0.2, -0.15) is 0 Å². The Kier molecular flexibility index (Phi) is 2.44. The van der Waals surface area contributed by atoms with Crippen LogP contribution in [-0.2, 0) is 0 Å². The molecule has 0 N–H and O–H groups in total. The highest BCUT2D eigenvalue weighted by molar-refractivity contribution is 9.09. The van der Waals surface area contributed by atoms with Gasteiger partial charge in [0.15, 0.2) is 0 Å². The van der Waals surface area contributed by atoms with Crippen molar-refractivity contribution in [2.24, 2.45) is 11.3 Å². The van der Waals surface area contributed by atoms with E-state index in [0.717, 1.165) is 10.7 Å². The SMILES string of the molecule is CCC(Br)C1CC(C)(C)C1. The fraction of sp³-hybridized carbons (Fsp3) is 1.00. The van der Waals surface area contributed by atoms with Gasteiger partial charge in [-0.1, -0.05) is 36.7 Å². The molecule has 1 unspecified atom stereocenters. The van der Waals surface area contributed by atoms with E-state index in [-0.39, 0.29) is 0 Å². The van der Waals surface area contributed by atoms with E-state index in [4.69, 9.17) is 0 Å². The zero-order valence-corrected chi connectivity index (χ0v) is 8.74. The van der Waals surface area contributed by atoms with Crippen molar-refractivity contribution in [3.63, 3.8) is 0 Å². The summed E-state index contributed by atoms with van der Waals surface area (Å²) in [6.07, 6.45) is 4.11. The second kappa shape index (κ2) is 2.84. The molecular formula is C9H17Br. The Morgan fingerprint density at radius 1 is 1.50 bits per heavy atom. The third kappa shape index (κ3) is 1.75. The van der Waals surface area contributed by atoms with Crippen molar-refractivity contribution in [1.29, 1.82) is 0 Å². The molecule has 0 radical (unpaired) electrons. The summed E-state index contributed by atoms with van der Waals surface area (Å²) in [5.74, 6) is 0.958. The summed E-state index contributed by atoms with van der Waals surface area (Å²) in [5.41, 5.74) is 0.645. The standard InChI is InChI=1S/C9H17Br/c1-4-8(10)7-5-9(2,3)6-7/h7-8H,4-6H2,1-3H3. The maximum absolute atomic E-state index is 3.71. The number of hydrogen-bond acceptors (Lipinski definition) is 0. The van der Waals surface area contributed by atoms with Crippen molar-refractivity contribution in [3.8, 4) is 0 Å². The zero-order valence-electron chi connectivity index (χ0n) is 7.15. The summed E-state index contributed by atoms with van der Waals surface area (Å²) in [5, 5.41) is 0. The van der Waals surface area contributed by atoms with E-state index in [1.165, 1.54) is 19.3 Å². The Bertz CT molecular complexity index is 110. The van der Waals surface area contributed by atoms with Gasteiger partial charge >= 0.3 is 0 Å². The topological polar surface area (TPSA) is 0 Å². The molecular weight excluding hydrogens is 188 g/mol. The molecule has 1 aliphatic rings. The van der Waals surface area contributed by atoms with Crippen LogP contribution in [0, 0.1) is 11.3 Å². The van der Waals surface area contributed by atoms with Crippen LogP contribution in [0.5, 0.6) is 0 Å². The van der Waals surface area contributed by atoms with Gasteiger partial charge in [0.1, 0.15) is 0 Å². The van der Waals surface area contributed by atoms with Gasteiger partial charge in [-0.25, -0.2) is 0 Å². The molecule has 0 aromatic carbocycles. The monoisotopic (exact) mass is 204 g/mol. The third-order valence-corrected chi connectivity index (χ3v) is 3.93. The predicted molar refractivity (Wildman–Crippen MR) is 49.5 cm³/mol. The highest BCUT2D eigenvalue weighted by Crippen LogP contribution is 2.48. The average Bonchev–Trinajstić information content (AvgIpc) is 1.81. The maximum atomic E-state index is 3.71. The van der Waals surface area contributed by atoms with Crippen LogP contribution in [0.25, 0.3) is 0 Å². The lowest BCUT2D eigenvalue weighted by molar-refractivity contribution is 0.0953. The molecule has 1 fully saturated rings. The average molecular weight is 205 g/mol. The van der Waals surface area contributed by atoms with Crippen LogP contribution in [0.2, 0.25) is 0 Å². The third-order valence-electron chi connectivity index (χ3n) is 2.53. The Balaban J connectivity index is 2.26. The lowest BCUT2D eigenvalue weighted by Gasteiger charge is -2.45. The van der Waals surface area contributed by atoms with Crippen molar-refractivity contribution >= 4 is 15.9 Å². The first kappa shape index (κ1) is 8.58. The minimum absolute atomic E-state index is 0.645. The maximum Gasteiger partial charge on any atom is 0.0171 e. The molecule has 60 valence electrons. The zero-order chi connectivity index (χ0) is 7.78. The lowest BCUT2D eigenvalue weighted by atomic mass is 9.63. The van der Waals surface area contributed by atoms with Crippen molar-refractivity contribution in [2.75, 3.05) is 0 Å². The Morgan fingerprint density at radius 3 is 2.30 bits per heavy atom. The lowest BCUT2D eigenvalue weighted by Crippen LogP contribution is -2.36. The molecule has 0 heterocycles. The van der Waals surface area contributed by atoms with Gasteiger partial charge in [-0.15, -0.1) is 0 Å². The molecule has 10 heavy (non-hydrogen) atoms. The van der Waals surface area contributed by atoms with E-state index in [1.807, 2.05) is 0 Å². The van der Waals surface area contributed by atoms with Crippen molar-refractivity contribution < 1.29 is 0 Å². The molecule has 1 heteroatoms. The van der Waals surface area contributed by atoms with Gasteiger partial charge in [0.05, 0.1) is 0 Å². The van der Waals surface area contributed by atoms with Crippen LogP contribution in [0.1, 0.15) is 40.0 Å². The number of halogens is 1. The Morgan fingerprint density at radius 2 is 2.00 bits per heavy atom. The summed E-state index contributed by atoms with van der Waals surface area (Å²) >= 11 is 3.71. The smallest absolute Gasteiger partial charge is 0.0171 e. The van der Waals surface area contributed by atoms with Gasteiger partial charge in [-0.3, -0.25) is 0 Å². The second-order valence-electron chi connectivity index (χ2n) is 4.26. The number of rotatable bonds is 2. The molecule has 1 rings (SSSR count). The summed E-state index contributed by atoms with van der Waals surface area (Å²) in [6, 6.07) is 0. The molecule has 1 aliphatic carbocycles. The van der Waals surface area contributed by atoms with Gasteiger partial charge in [0.25, 0.3) is 0 Å². The van der Waals surface area contributed by atoms with E-state index in [9.17, 15) is 0 Å². The molecule has 1 atom stereocenters. The molecule has 0 amide bonds. The van der Waals surface area contributed by atoms with Crippen molar-refractivity contribution in [3.05, 3.63) is 0 Å². The fourth-order valence-corrected chi connectivity index (χ4v) is 2.32. The molecule has 0 bridgehead atoms. The Labute approximate surface area is 72.5 Å². The minimum atomic E-state index is 0.645. The molecule has 0 spiro atoms. The van der Waals surface area contributed by atoms with Gasteiger partial charge in [0.2, 0.25) is 0 Å². The first-order chi connectivity index (χ1) is 4.55. The molecule has 1 saturated carbocycles. The molecule has 0 aliphatic heterocycles. The van der Waals surface area contributed by atoms with Crippen LogP contribution >= 0.6 is 15.9 Å². The van der Waals surface area contributed by atoms with E-state index in [0.29, 0.717) is 5.41 Å². The summed E-state index contributed by atoms with van der Waals surface area (Å²) in [7, 11) is 0. The van der Waals surface area contributed by atoms with Gasteiger partial charge in [-0.05, 0) is 30.6 Å². The highest BCUT2D eigenvalue weighted by atomic mass is 79.9.